The van der Waals surface area contributed by atoms with Gasteiger partial charge in [-0.15, -0.1) is 5.10 Å². The number of urea groups is 1. The molecule has 1 aliphatic rings. The number of nitrogens with one attached hydrogen (secondary N) is 1. The van der Waals surface area contributed by atoms with Gasteiger partial charge in [0.05, 0.1) is 13.2 Å². The minimum atomic E-state index is -0.0620. The van der Waals surface area contributed by atoms with E-state index in [4.69, 9.17) is 4.74 Å². The van der Waals surface area contributed by atoms with E-state index in [1.165, 1.54) is 12.8 Å². The number of ether oxygens (including phenoxy) is 1. The molecule has 1 aromatic heterocycles. The highest BCUT2D eigenvalue weighted by Crippen LogP contribution is 2.20. The number of anilines is 1. The number of nitrogens with zero attached hydrogens (tertiary/aromatic N) is 6. The lowest BCUT2D eigenvalue weighted by Gasteiger charge is -2.30. The predicted molar refractivity (Wildman–Crippen MR) is 116 cm³/mol. The number of morpholine rings is 1. The Balaban J connectivity index is 1.61. The molecule has 2 aromatic rings. The van der Waals surface area contributed by atoms with Crippen LogP contribution in [0.15, 0.2) is 24.3 Å². The van der Waals surface area contributed by atoms with Crippen LogP contribution >= 0.6 is 0 Å². The van der Waals surface area contributed by atoms with E-state index in [0.717, 1.165) is 63.5 Å². The summed E-state index contributed by atoms with van der Waals surface area (Å²) in [5, 5.41) is 14.7. The molecule has 2 heterocycles. The number of amides is 2. The van der Waals surface area contributed by atoms with Gasteiger partial charge in [-0.2, -0.15) is 0 Å². The van der Waals surface area contributed by atoms with Crippen LogP contribution in [-0.2, 0) is 11.8 Å². The van der Waals surface area contributed by atoms with Crippen molar-refractivity contribution in [1.82, 2.24) is 30.0 Å². The molecule has 9 heteroatoms. The average Bonchev–Trinajstić information content (AvgIpc) is 3.20. The van der Waals surface area contributed by atoms with Crippen molar-refractivity contribution in [2.24, 2.45) is 7.05 Å². The van der Waals surface area contributed by atoms with E-state index >= 15 is 0 Å². The van der Waals surface area contributed by atoms with Crippen molar-refractivity contribution in [1.29, 1.82) is 0 Å². The first-order valence-electron chi connectivity index (χ1n) is 10.9. The number of tetrazole rings is 1. The van der Waals surface area contributed by atoms with Crippen LogP contribution in [-0.4, -0.2) is 82.0 Å². The quantitative estimate of drug-likeness (QED) is 0.600. The number of hydrogen-bond donors (Lipinski definition) is 1. The van der Waals surface area contributed by atoms with Crippen LogP contribution in [0.5, 0.6) is 0 Å². The van der Waals surface area contributed by atoms with Crippen molar-refractivity contribution >= 4 is 11.7 Å². The maximum atomic E-state index is 13.0. The van der Waals surface area contributed by atoms with Gasteiger partial charge >= 0.3 is 6.03 Å². The smallest absolute Gasteiger partial charge is 0.321 e. The molecule has 0 bridgehead atoms. The summed E-state index contributed by atoms with van der Waals surface area (Å²) in [7, 11) is 1.80. The SMILES string of the molecule is CCCCCCN(CCN1CCOCC1)C(=O)Nc1cccc(-c2nnnn2C)c1. The van der Waals surface area contributed by atoms with E-state index < -0.39 is 0 Å². The van der Waals surface area contributed by atoms with Crippen LogP contribution in [0.1, 0.15) is 32.6 Å². The fraction of sp³-hybridized carbons (Fsp3) is 0.619. The molecule has 1 aliphatic heterocycles. The predicted octanol–water partition coefficient (Wildman–Crippen LogP) is 2.62. The Kier molecular flexibility index (Phi) is 8.58. The molecule has 0 aliphatic carbocycles. The maximum absolute atomic E-state index is 13.0. The second-order valence-electron chi connectivity index (χ2n) is 7.64. The van der Waals surface area contributed by atoms with Crippen LogP contribution in [0.4, 0.5) is 10.5 Å². The minimum Gasteiger partial charge on any atom is -0.379 e. The van der Waals surface area contributed by atoms with E-state index in [1.807, 2.05) is 29.2 Å². The lowest BCUT2D eigenvalue weighted by atomic mass is 10.2. The second-order valence-corrected chi connectivity index (χ2v) is 7.64. The fourth-order valence-electron chi connectivity index (χ4n) is 3.54. The Labute approximate surface area is 178 Å². The van der Waals surface area contributed by atoms with Crippen molar-refractivity contribution in [2.45, 2.75) is 32.6 Å². The Morgan fingerprint density at radius 1 is 1.20 bits per heavy atom. The van der Waals surface area contributed by atoms with E-state index in [1.54, 1.807) is 11.7 Å². The first-order valence-corrected chi connectivity index (χ1v) is 10.9. The molecule has 1 saturated heterocycles. The van der Waals surface area contributed by atoms with Gasteiger partial charge < -0.3 is 15.0 Å². The third kappa shape index (κ3) is 6.50. The van der Waals surface area contributed by atoms with Gasteiger partial charge in [0.2, 0.25) is 0 Å². The van der Waals surface area contributed by atoms with Crippen LogP contribution in [0, 0.1) is 0 Å². The van der Waals surface area contributed by atoms with Crippen molar-refractivity contribution < 1.29 is 9.53 Å². The van der Waals surface area contributed by atoms with Crippen LogP contribution in [0.3, 0.4) is 0 Å². The first-order chi connectivity index (χ1) is 14.7. The number of rotatable bonds is 10. The average molecular weight is 416 g/mol. The topological polar surface area (TPSA) is 88.4 Å². The largest absolute Gasteiger partial charge is 0.379 e. The van der Waals surface area contributed by atoms with Gasteiger partial charge in [0.1, 0.15) is 0 Å². The summed E-state index contributed by atoms with van der Waals surface area (Å²) in [5.41, 5.74) is 1.61. The van der Waals surface area contributed by atoms with Crippen LogP contribution in [0.25, 0.3) is 11.4 Å². The summed E-state index contributed by atoms with van der Waals surface area (Å²) >= 11 is 0. The monoisotopic (exact) mass is 415 g/mol. The number of benzene rings is 1. The molecule has 1 N–H and O–H groups in total. The Hall–Kier alpha value is -2.52. The molecule has 0 saturated carbocycles. The molecule has 0 unspecified atom stereocenters. The van der Waals surface area contributed by atoms with Crippen LogP contribution in [0.2, 0.25) is 0 Å². The molecule has 1 fully saturated rings. The number of aryl methyl sites for hydroxylation is 1. The maximum Gasteiger partial charge on any atom is 0.321 e. The van der Waals surface area contributed by atoms with Crippen molar-refractivity contribution in [2.75, 3.05) is 51.3 Å². The van der Waals surface area contributed by atoms with Crippen molar-refractivity contribution in [3.63, 3.8) is 0 Å². The molecule has 1 aromatic carbocycles. The van der Waals surface area contributed by atoms with Gasteiger partial charge in [-0.3, -0.25) is 4.90 Å². The summed E-state index contributed by atoms with van der Waals surface area (Å²) in [5.74, 6) is 0.662. The zero-order valence-electron chi connectivity index (χ0n) is 18.1. The summed E-state index contributed by atoms with van der Waals surface area (Å²) < 4.78 is 7.04. The van der Waals surface area contributed by atoms with E-state index in [-0.39, 0.29) is 6.03 Å². The molecule has 164 valence electrons. The summed E-state index contributed by atoms with van der Waals surface area (Å²) in [6, 6.07) is 7.57. The Morgan fingerprint density at radius 3 is 2.77 bits per heavy atom. The highest BCUT2D eigenvalue weighted by atomic mass is 16.5. The molecule has 9 nitrogen and oxygen atoms in total. The zero-order valence-corrected chi connectivity index (χ0v) is 18.1. The van der Waals surface area contributed by atoms with Crippen LogP contribution < -0.4 is 5.32 Å². The molecule has 0 atom stereocenters. The molecular formula is C21H33N7O2. The van der Waals surface area contributed by atoms with Gasteiger partial charge in [-0.1, -0.05) is 38.3 Å². The van der Waals surface area contributed by atoms with Gasteiger partial charge in [0.25, 0.3) is 0 Å². The zero-order chi connectivity index (χ0) is 21.2. The summed E-state index contributed by atoms with van der Waals surface area (Å²) in [6.45, 7) is 7.95. The minimum absolute atomic E-state index is 0.0620. The van der Waals surface area contributed by atoms with E-state index in [0.29, 0.717) is 12.4 Å². The number of carbonyl (C=O) groups is 1. The lowest BCUT2D eigenvalue weighted by molar-refractivity contribution is 0.0351. The van der Waals surface area contributed by atoms with Gasteiger partial charge in [-0.05, 0) is 29.0 Å². The van der Waals surface area contributed by atoms with Gasteiger partial charge in [-0.25, -0.2) is 9.48 Å². The number of unbranched alkanes of at least 4 members (excludes halogenated alkanes) is 3. The summed E-state index contributed by atoms with van der Waals surface area (Å²) in [6.07, 6.45) is 4.55. The van der Waals surface area contributed by atoms with Crippen molar-refractivity contribution in [3.8, 4) is 11.4 Å². The van der Waals surface area contributed by atoms with Gasteiger partial charge in [0, 0.05) is 51.0 Å². The molecule has 30 heavy (non-hydrogen) atoms. The summed E-state index contributed by atoms with van der Waals surface area (Å²) in [4.78, 5) is 17.3. The standard InChI is InChI=1S/C21H33N7O2/c1-3-4-5-6-10-28(12-11-27-13-15-30-16-14-27)21(29)22-19-9-7-8-18(17-19)20-23-24-25-26(20)2/h7-9,17H,3-6,10-16H2,1-2H3,(H,22,29). The second kappa shape index (κ2) is 11.6. The van der Waals surface area contributed by atoms with E-state index in [2.05, 4.69) is 32.7 Å². The highest BCUT2D eigenvalue weighted by Gasteiger charge is 2.17. The third-order valence-corrected chi connectivity index (χ3v) is 5.35. The number of aromatic nitrogens is 4. The Morgan fingerprint density at radius 2 is 2.03 bits per heavy atom. The molecular weight excluding hydrogens is 382 g/mol. The number of carbonyl (C=O) groups excluding carboxylic acids is 1. The molecule has 0 spiro atoms. The third-order valence-electron chi connectivity index (χ3n) is 5.35. The van der Waals surface area contributed by atoms with Gasteiger partial charge in [0.15, 0.2) is 5.82 Å². The molecule has 0 radical (unpaired) electrons. The lowest BCUT2D eigenvalue weighted by Crippen LogP contribution is -2.44. The van der Waals surface area contributed by atoms with Crippen molar-refractivity contribution in [3.05, 3.63) is 24.3 Å². The molecule has 3 rings (SSSR count). The highest BCUT2D eigenvalue weighted by molar-refractivity contribution is 5.90. The molecule has 2 amide bonds. The van der Waals surface area contributed by atoms with E-state index in [9.17, 15) is 4.79 Å². The fourth-order valence-corrected chi connectivity index (χ4v) is 3.54. The normalized spacial score (nSPS) is 14.6. The number of hydrogen-bond acceptors (Lipinski definition) is 6. The Bertz CT molecular complexity index is 789. The first kappa shape index (κ1) is 22.2.